The SMILES string of the molecule is COC(=O)N(C(=O)NN1CCOCC1)N1CCOCC1. The van der Waals surface area contributed by atoms with Crippen LogP contribution in [-0.2, 0) is 14.2 Å². The molecule has 1 N–H and O–H groups in total. The third kappa shape index (κ3) is 3.79. The summed E-state index contributed by atoms with van der Waals surface area (Å²) in [4.78, 5) is 24.1. The largest absolute Gasteiger partial charge is 0.451 e. The Bertz CT molecular complexity index is 342. The number of hydrogen-bond acceptors (Lipinski definition) is 7. The highest BCUT2D eigenvalue weighted by atomic mass is 16.6. The van der Waals surface area contributed by atoms with Crippen LogP contribution in [0.15, 0.2) is 0 Å². The van der Waals surface area contributed by atoms with Crippen molar-refractivity contribution in [1.29, 1.82) is 0 Å². The number of nitrogens with one attached hydrogen (secondary N) is 1. The average Bonchev–Trinajstić information content (AvgIpc) is 2.49. The van der Waals surface area contributed by atoms with Crippen molar-refractivity contribution in [3.05, 3.63) is 0 Å². The molecule has 0 aliphatic carbocycles. The van der Waals surface area contributed by atoms with E-state index in [0.717, 1.165) is 5.01 Å². The molecule has 9 nitrogen and oxygen atoms in total. The molecular formula is C11H20N4O5. The van der Waals surface area contributed by atoms with Gasteiger partial charge in [-0.15, -0.1) is 0 Å². The van der Waals surface area contributed by atoms with Crippen molar-refractivity contribution in [3.63, 3.8) is 0 Å². The number of amides is 3. The molecule has 3 amide bonds. The maximum Gasteiger partial charge on any atom is 0.432 e. The molecule has 2 heterocycles. The van der Waals surface area contributed by atoms with Crippen LogP contribution in [0.3, 0.4) is 0 Å². The van der Waals surface area contributed by atoms with Crippen molar-refractivity contribution in [2.24, 2.45) is 0 Å². The van der Waals surface area contributed by atoms with Gasteiger partial charge in [-0.2, -0.15) is 5.01 Å². The maximum absolute atomic E-state index is 12.3. The van der Waals surface area contributed by atoms with Crippen LogP contribution in [0, 0.1) is 0 Å². The minimum Gasteiger partial charge on any atom is -0.451 e. The molecule has 0 radical (unpaired) electrons. The van der Waals surface area contributed by atoms with Gasteiger partial charge in [-0.05, 0) is 0 Å². The lowest BCUT2D eigenvalue weighted by Crippen LogP contribution is -2.60. The van der Waals surface area contributed by atoms with Crippen LogP contribution >= 0.6 is 0 Å². The maximum atomic E-state index is 12.3. The Morgan fingerprint density at radius 1 is 1.05 bits per heavy atom. The minimum absolute atomic E-state index is 0.464. The van der Waals surface area contributed by atoms with Gasteiger partial charge < -0.3 is 14.2 Å². The molecule has 0 spiro atoms. The summed E-state index contributed by atoms with van der Waals surface area (Å²) in [5.41, 5.74) is 2.69. The third-order valence-electron chi connectivity index (χ3n) is 3.08. The summed E-state index contributed by atoms with van der Waals surface area (Å²) >= 11 is 0. The van der Waals surface area contributed by atoms with Crippen LogP contribution in [0.2, 0.25) is 0 Å². The van der Waals surface area contributed by atoms with E-state index in [9.17, 15) is 9.59 Å². The van der Waals surface area contributed by atoms with Crippen LogP contribution in [-0.4, -0.2) is 86.9 Å². The predicted molar refractivity (Wildman–Crippen MR) is 67.6 cm³/mol. The van der Waals surface area contributed by atoms with E-state index in [0.29, 0.717) is 52.6 Å². The zero-order valence-electron chi connectivity index (χ0n) is 11.5. The molecule has 114 valence electrons. The summed E-state index contributed by atoms with van der Waals surface area (Å²) in [5.74, 6) is 0. The van der Waals surface area contributed by atoms with Gasteiger partial charge in [-0.1, -0.05) is 0 Å². The topological polar surface area (TPSA) is 83.6 Å². The van der Waals surface area contributed by atoms with Crippen molar-refractivity contribution < 1.29 is 23.8 Å². The Hall–Kier alpha value is -1.42. The van der Waals surface area contributed by atoms with E-state index in [1.165, 1.54) is 7.11 Å². The Balaban J connectivity index is 1.97. The van der Waals surface area contributed by atoms with Gasteiger partial charge in [-0.25, -0.2) is 19.6 Å². The summed E-state index contributed by atoms with van der Waals surface area (Å²) in [7, 11) is 1.25. The number of hydrogen-bond donors (Lipinski definition) is 1. The molecular weight excluding hydrogens is 268 g/mol. The fourth-order valence-electron chi connectivity index (χ4n) is 2.02. The molecule has 0 aromatic heterocycles. The number of ether oxygens (including phenoxy) is 3. The highest BCUT2D eigenvalue weighted by Gasteiger charge is 2.31. The zero-order chi connectivity index (χ0) is 14.4. The van der Waals surface area contributed by atoms with Crippen molar-refractivity contribution in [1.82, 2.24) is 20.5 Å². The average molecular weight is 288 g/mol. The predicted octanol–water partition coefficient (Wildman–Crippen LogP) is -0.741. The number of carbonyl (C=O) groups excluding carboxylic acids is 2. The lowest BCUT2D eigenvalue weighted by atomic mass is 10.5. The molecule has 0 atom stereocenters. The van der Waals surface area contributed by atoms with Crippen molar-refractivity contribution in [2.45, 2.75) is 0 Å². The number of nitrogens with zero attached hydrogens (tertiary/aromatic N) is 3. The lowest BCUT2D eigenvalue weighted by molar-refractivity contribution is -0.0599. The molecule has 0 bridgehead atoms. The number of rotatable bonds is 2. The summed E-state index contributed by atoms with van der Waals surface area (Å²) in [5, 5.41) is 4.32. The normalized spacial score (nSPS) is 21.2. The van der Waals surface area contributed by atoms with Crippen LogP contribution in [0.25, 0.3) is 0 Å². The molecule has 0 aromatic rings. The second kappa shape index (κ2) is 7.39. The number of morpholine rings is 2. The van der Waals surface area contributed by atoms with Gasteiger partial charge >= 0.3 is 12.1 Å². The fraction of sp³-hybridized carbons (Fsp3) is 0.818. The van der Waals surface area contributed by atoms with E-state index in [2.05, 4.69) is 10.2 Å². The Kier molecular flexibility index (Phi) is 5.53. The fourth-order valence-corrected chi connectivity index (χ4v) is 2.02. The molecule has 2 rings (SSSR count). The molecule has 2 aliphatic heterocycles. The zero-order valence-corrected chi connectivity index (χ0v) is 11.5. The third-order valence-corrected chi connectivity index (χ3v) is 3.08. The summed E-state index contributed by atoms with van der Waals surface area (Å²) in [6.07, 6.45) is -0.711. The number of imide groups is 1. The van der Waals surface area contributed by atoms with E-state index in [-0.39, 0.29) is 0 Å². The van der Waals surface area contributed by atoms with Crippen LogP contribution in [0.4, 0.5) is 9.59 Å². The number of carbonyl (C=O) groups is 2. The van der Waals surface area contributed by atoms with Gasteiger partial charge in [0.05, 0.1) is 33.5 Å². The number of urea groups is 1. The standard InChI is InChI=1S/C11H20N4O5/c1-18-11(17)15(14-4-8-20-9-5-14)10(16)12-13-2-6-19-7-3-13/h2-9H2,1H3,(H,12,16). The first-order chi connectivity index (χ1) is 9.72. The molecule has 9 heteroatoms. The van der Waals surface area contributed by atoms with Crippen LogP contribution < -0.4 is 5.43 Å². The van der Waals surface area contributed by atoms with E-state index in [1.54, 1.807) is 10.0 Å². The number of methoxy groups -OCH3 is 1. The first kappa shape index (κ1) is 15.0. The smallest absolute Gasteiger partial charge is 0.432 e. The summed E-state index contributed by atoms with van der Waals surface area (Å²) < 4.78 is 15.1. The molecule has 0 unspecified atom stereocenters. The van der Waals surface area contributed by atoms with Gasteiger partial charge in [0.1, 0.15) is 0 Å². The second-order valence-corrected chi connectivity index (χ2v) is 4.36. The van der Waals surface area contributed by atoms with Crippen molar-refractivity contribution >= 4 is 12.1 Å². The Labute approximate surface area is 117 Å². The Morgan fingerprint density at radius 2 is 1.60 bits per heavy atom. The van der Waals surface area contributed by atoms with Gasteiger partial charge in [-0.3, -0.25) is 5.43 Å². The monoisotopic (exact) mass is 288 g/mol. The second-order valence-electron chi connectivity index (χ2n) is 4.36. The first-order valence-electron chi connectivity index (χ1n) is 6.56. The van der Waals surface area contributed by atoms with E-state index in [1.807, 2.05) is 0 Å². The van der Waals surface area contributed by atoms with E-state index in [4.69, 9.17) is 9.47 Å². The lowest BCUT2D eigenvalue weighted by Gasteiger charge is -2.36. The van der Waals surface area contributed by atoms with Gasteiger partial charge in [0.15, 0.2) is 0 Å². The first-order valence-corrected chi connectivity index (χ1v) is 6.56. The quantitative estimate of drug-likeness (QED) is 0.716. The highest BCUT2D eigenvalue weighted by molar-refractivity contribution is 5.89. The molecule has 2 fully saturated rings. The van der Waals surface area contributed by atoms with E-state index >= 15 is 0 Å². The summed E-state index contributed by atoms with van der Waals surface area (Å²) in [6, 6.07) is -0.527. The number of hydrazine groups is 2. The van der Waals surface area contributed by atoms with Crippen molar-refractivity contribution in [3.8, 4) is 0 Å². The molecule has 0 aromatic carbocycles. The Morgan fingerprint density at radius 3 is 2.15 bits per heavy atom. The van der Waals surface area contributed by atoms with Crippen LogP contribution in [0.1, 0.15) is 0 Å². The molecule has 2 saturated heterocycles. The molecule has 20 heavy (non-hydrogen) atoms. The van der Waals surface area contributed by atoms with Gasteiger partial charge in [0.25, 0.3) is 0 Å². The molecule has 0 saturated carbocycles. The van der Waals surface area contributed by atoms with Gasteiger partial charge in [0, 0.05) is 26.2 Å². The van der Waals surface area contributed by atoms with Crippen molar-refractivity contribution in [2.75, 3.05) is 59.7 Å². The van der Waals surface area contributed by atoms with E-state index < -0.39 is 12.1 Å². The minimum atomic E-state index is -0.711. The summed E-state index contributed by atoms with van der Waals surface area (Å²) in [6.45, 7) is 4.15. The van der Waals surface area contributed by atoms with Crippen LogP contribution in [0.5, 0.6) is 0 Å². The molecule has 2 aliphatic rings. The highest BCUT2D eigenvalue weighted by Crippen LogP contribution is 2.06. The van der Waals surface area contributed by atoms with Gasteiger partial charge in [0.2, 0.25) is 0 Å².